The lowest BCUT2D eigenvalue weighted by molar-refractivity contribution is 0.0773. The third-order valence-corrected chi connectivity index (χ3v) is 4.38. The molecule has 0 saturated heterocycles. The quantitative estimate of drug-likeness (QED) is 0.590. The molecule has 3 rings (SSSR count). The number of amides is 1. The summed E-state index contributed by atoms with van der Waals surface area (Å²) in [4.78, 5) is 14.0. The van der Waals surface area contributed by atoms with Crippen molar-refractivity contribution in [2.75, 3.05) is 21.3 Å². The Morgan fingerprint density at radius 1 is 1.11 bits per heavy atom. The average Bonchev–Trinajstić information content (AvgIpc) is 3.15. The highest BCUT2D eigenvalue weighted by Crippen LogP contribution is 2.31. The minimum Gasteiger partial charge on any atom is -0.493 e. The lowest BCUT2D eigenvalue weighted by Crippen LogP contribution is -2.26. The number of ether oxygens (including phenoxy) is 2. The van der Waals surface area contributed by atoms with Crippen LogP contribution in [0.25, 0.3) is 11.5 Å². The SMILES string of the molecule is COc1ccc(-c2nnc(CN(C)C(=O)c3cccc(Br)c3)o2)cc1OC. The molecule has 140 valence electrons. The van der Waals surface area contributed by atoms with Gasteiger partial charge in [0.2, 0.25) is 11.8 Å². The van der Waals surface area contributed by atoms with E-state index in [1.165, 1.54) is 4.90 Å². The Labute approximate surface area is 165 Å². The summed E-state index contributed by atoms with van der Waals surface area (Å²) in [5.74, 6) is 1.72. The van der Waals surface area contributed by atoms with E-state index >= 15 is 0 Å². The fourth-order valence-electron chi connectivity index (χ4n) is 2.52. The van der Waals surface area contributed by atoms with Crippen molar-refractivity contribution < 1.29 is 18.7 Å². The highest BCUT2D eigenvalue weighted by Gasteiger charge is 2.17. The van der Waals surface area contributed by atoms with Crippen LogP contribution in [0.4, 0.5) is 0 Å². The van der Waals surface area contributed by atoms with Gasteiger partial charge < -0.3 is 18.8 Å². The van der Waals surface area contributed by atoms with Crippen molar-refractivity contribution in [2.24, 2.45) is 0 Å². The number of hydrogen-bond acceptors (Lipinski definition) is 6. The van der Waals surface area contributed by atoms with Crippen molar-refractivity contribution in [1.29, 1.82) is 0 Å². The summed E-state index contributed by atoms with van der Waals surface area (Å²) in [6.45, 7) is 0.200. The van der Waals surface area contributed by atoms with Crippen LogP contribution in [0.5, 0.6) is 11.5 Å². The molecule has 0 atom stereocenters. The number of carbonyl (C=O) groups is 1. The molecule has 0 unspecified atom stereocenters. The monoisotopic (exact) mass is 431 g/mol. The van der Waals surface area contributed by atoms with E-state index in [9.17, 15) is 4.79 Å². The average molecular weight is 432 g/mol. The predicted octanol–water partition coefficient (Wildman–Crippen LogP) is 3.79. The van der Waals surface area contributed by atoms with E-state index in [0.717, 1.165) is 4.47 Å². The molecule has 0 saturated carbocycles. The summed E-state index contributed by atoms with van der Waals surface area (Å²) in [5.41, 5.74) is 1.28. The van der Waals surface area contributed by atoms with Gasteiger partial charge in [-0.15, -0.1) is 10.2 Å². The van der Waals surface area contributed by atoms with Crippen LogP contribution in [0.15, 0.2) is 51.4 Å². The molecule has 0 bridgehead atoms. The van der Waals surface area contributed by atoms with Crippen LogP contribution in [-0.4, -0.2) is 42.3 Å². The van der Waals surface area contributed by atoms with Gasteiger partial charge in [-0.3, -0.25) is 4.79 Å². The van der Waals surface area contributed by atoms with Crippen LogP contribution in [0.3, 0.4) is 0 Å². The van der Waals surface area contributed by atoms with E-state index in [1.54, 1.807) is 51.6 Å². The van der Waals surface area contributed by atoms with Gasteiger partial charge in [-0.2, -0.15) is 0 Å². The van der Waals surface area contributed by atoms with Gasteiger partial charge >= 0.3 is 0 Å². The highest BCUT2D eigenvalue weighted by molar-refractivity contribution is 9.10. The molecule has 27 heavy (non-hydrogen) atoms. The molecular formula is C19H18BrN3O4. The Bertz CT molecular complexity index is 958. The highest BCUT2D eigenvalue weighted by atomic mass is 79.9. The fraction of sp³-hybridized carbons (Fsp3) is 0.211. The van der Waals surface area contributed by atoms with E-state index in [4.69, 9.17) is 13.9 Å². The molecule has 0 fully saturated rings. The lowest BCUT2D eigenvalue weighted by Gasteiger charge is -2.15. The summed E-state index contributed by atoms with van der Waals surface area (Å²) in [6.07, 6.45) is 0. The second-order valence-electron chi connectivity index (χ2n) is 5.74. The van der Waals surface area contributed by atoms with Gasteiger partial charge in [0.1, 0.15) is 0 Å². The first-order valence-electron chi connectivity index (χ1n) is 8.07. The topological polar surface area (TPSA) is 77.7 Å². The van der Waals surface area contributed by atoms with E-state index in [0.29, 0.717) is 34.4 Å². The number of nitrogens with zero attached hydrogens (tertiary/aromatic N) is 3. The summed E-state index contributed by atoms with van der Waals surface area (Å²) in [7, 11) is 4.81. The number of hydrogen-bond donors (Lipinski definition) is 0. The molecule has 1 heterocycles. The van der Waals surface area contributed by atoms with Gasteiger partial charge in [-0.25, -0.2) is 0 Å². The molecule has 0 N–H and O–H groups in total. The van der Waals surface area contributed by atoms with Crippen LogP contribution in [-0.2, 0) is 6.54 Å². The Morgan fingerprint density at radius 2 is 1.89 bits per heavy atom. The smallest absolute Gasteiger partial charge is 0.254 e. The van der Waals surface area contributed by atoms with Crippen LogP contribution < -0.4 is 9.47 Å². The van der Waals surface area contributed by atoms with Gasteiger partial charge in [0.05, 0.1) is 20.8 Å². The molecule has 3 aromatic rings. The van der Waals surface area contributed by atoms with Gasteiger partial charge in [-0.05, 0) is 36.4 Å². The van der Waals surface area contributed by atoms with Crippen LogP contribution in [0.1, 0.15) is 16.2 Å². The Hall–Kier alpha value is -2.87. The van der Waals surface area contributed by atoms with E-state index in [2.05, 4.69) is 26.1 Å². The maximum Gasteiger partial charge on any atom is 0.254 e. The lowest BCUT2D eigenvalue weighted by atomic mass is 10.2. The molecule has 0 aliphatic rings. The van der Waals surface area contributed by atoms with Gasteiger partial charge in [-0.1, -0.05) is 22.0 Å². The summed E-state index contributed by atoms with van der Waals surface area (Å²) < 4.78 is 17.1. The predicted molar refractivity (Wildman–Crippen MR) is 103 cm³/mol. The molecular weight excluding hydrogens is 414 g/mol. The van der Waals surface area contributed by atoms with E-state index in [-0.39, 0.29) is 12.5 Å². The van der Waals surface area contributed by atoms with Crippen molar-refractivity contribution in [1.82, 2.24) is 15.1 Å². The van der Waals surface area contributed by atoms with E-state index < -0.39 is 0 Å². The zero-order valence-corrected chi connectivity index (χ0v) is 16.7. The number of rotatable bonds is 6. The second-order valence-corrected chi connectivity index (χ2v) is 6.66. The molecule has 1 aromatic heterocycles. The number of methoxy groups -OCH3 is 2. The first-order valence-corrected chi connectivity index (χ1v) is 8.87. The minimum atomic E-state index is -0.137. The number of carbonyl (C=O) groups excluding carboxylic acids is 1. The Kier molecular flexibility index (Phi) is 5.75. The standard InChI is InChI=1S/C19H18BrN3O4/c1-23(19(24)13-5-4-6-14(20)9-13)11-17-21-22-18(27-17)12-7-8-15(25-2)16(10-12)26-3/h4-10H,11H2,1-3H3. The molecule has 0 radical (unpaired) electrons. The third kappa shape index (κ3) is 4.28. The van der Waals surface area contributed by atoms with Gasteiger partial charge in [0.15, 0.2) is 11.5 Å². The number of aromatic nitrogens is 2. The Morgan fingerprint density at radius 3 is 2.59 bits per heavy atom. The first-order chi connectivity index (χ1) is 13.0. The normalized spacial score (nSPS) is 10.5. The van der Waals surface area contributed by atoms with Crippen molar-refractivity contribution in [3.05, 3.63) is 58.4 Å². The van der Waals surface area contributed by atoms with Crippen LogP contribution in [0, 0.1) is 0 Å². The molecule has 7 nitrogen and oxygen atoms in total. The van der Waals surface area contributed by atoms with Crippen LogP contribution >= 0.6 is 15.9 Å². The molecule has 8 heteroatoms. The summed E-state index contributed by atoms with van der Waals surface area (Å²) in [5, 5.41) is 8.09. The van der Waals surface area contributed by atoms with Gasteiger partial charge in [0.25, 0.3) is 5.91 Å². The molecule has 0 spiro atoms. The molecule has 0 aliphatic heterocycles. The van der Waals surface area contributed by atoms with E-state index in [1.807, 2.05) is 12.1 Å². The maximum atomic E-state index is 12.5. The molecule has 2 aromatic carbocycles. The third-order valence-electron chi connectivity index (χ3n) is 3.89. The number of benzene rings is 2. The maximum absolute atomic E-state index is 12.5. The Balaban J connectivity index is 1.75. The van der Waals surface area contributed by atoms with Crippen molar-refractivity contribution >= 4 is 21.8 Å². The van der Waals surface area contributed by atoms with Crippen molar-refractivity contribution in [2.45, 2.75) is 6.54 Å². The largest absolute Gasteiger partial charge is 0.493 e. The van der Waals surface area contributed by atoms with Gasteiger partial charge in [0, 0.05) is 22.6 Å². The zero-order valence-electron chi connectivity index (χ0n) is 15.1. The number of halogens is 1. The van der Waals surface area contributed by atoms with Crippen LogP contribution in [0.2, 0.25) is 0 Å². The summed E-state index contributed by atoms with van der Waals surface area (Å²) in [6, 6.07) is 12.5. The summed E-state index contributed by atoms with van der Waals surface area (Å²) >= 11 is 3.37. The zero-order chi connectivity index (χ0) is 19.4. The van der Waals surface area contributed by atoms with Crippen molar-refractivity contribution in [3.8, 4) is 23.0 Å². The fourth-order valence-corrected chi connectivity index (χ4v) is 2.92. The molecule has 0 aliphatic carbocycles. The second kappa shape index (κ2) is 8.22. The minimum absolute atomic E-state index is 0.137. The first kappa shape index (κ1) is 18.9. The molecule has 1 amide bonds. The van der Waals surface area contributed by atoms with Crippen molar-refractivity contribution in [3.63, 3.8) is 0 Å².